The molecule has 2 atom stereocenters. The Kier molecular flexibility index (Phi) is 13.3. The lowest BCUT2D eigenvalue weighted by Gasteiger charge is -2.24. The van der Waals surface area contributed by atoms with Gasteiger partial charge in [0.25, 0.3) is 0 Å². The van der Waals surface area contributed by atoms with Crippen LogP contribution in [0, 0.1) is 11.8 Å². The zero-order valence-corrected chi connectivity index (χ0v) is 16.9. The van der Waals surface area contributed by atoms with E-state index in [4.69, 9.17) is 9.47 Å². The molecule has 0 fully saturated rings. The van der Waals surface area contributed by atoms with Crippen molar-refractivity contribution in [2.75, 3.05) is 13.2 Å². The standard InChI is InChI=1S/C24H34O4/c1-3-5-7-9-11-15-19-27-23(25)21-17-13-14-18-22(21)24(26)28-20-16-12-10-8-6-4-2/h3-4,11-16,21-22H,1-2,5-10,17-20H2. The highest BCUT2D eigenvalue weighted by atomic mass is 16.5. The SMILES string of the molecule is C=CCCCC=CCOC(=O)C1CC=CCC1C(=O)OCC=CCCCC=C. The second-order valence-electron chi connectivity index (χ2n) is 6.80. The first-order valence-electron chi connectivity index (χ1n) is 10.2. The fourth-order valence-electron chi connectivity index (χ4n) is 2.94. The molecular weight excluding hydrogens is 352 g/mol. The van der Waals surface area contributed by atoms with Crippen LogP contribution in [0.25, 0.3) is 0 Å². The van der Waals surface area contributed by atoms with Crippen molar-refractivity contribution in [2.45, 2.75) is 51.4 Å². The minimum atomic E-state index is -0.469. The van der Waals surface area contributed by atoms with E-state index in [1.807, 2.05) is 48.6 Å². The summed E-state index contributed by atoms with van der Waals surface area (Å²) >= 11 is 0. The minimum absolute atomic E-state index is 0.238. The van der Waals surface area contributed by atoms with E-state index >= 15 is 0 Å². The Hall–Kier alpha value is -2.36. The Morgan fingerprint density at radius 1 is 0.750 bits per heavy atom. The summed E-state index contributed by atoms with van der Waals surface area (Å²) in [6.45, 7) is 7.85. The lowest BCUT2D eigenvalue weighted by atomic mass is 9.83. The number of hydrogen-bond acceptors (Lipinski definition) is 4. The molecule has 0 spiro atoms. The molecule has 0 aromatic heterocycles. The van der Waals surface area contributed by atoms with Gasteiger partial charge in [0.15, 0.2) is 0 Å². The molecule has 0 radical (unpaired) electrons. The molecule has 4 heteroatoms. The van der Waals surface area contributed by atoms with Crippen LogP contribution in [-0.4, -0.2) is 25.2 Å². The zero-order chi connectivity index (χ0) is 20.5. The van der Waals surface area contributed by atoms with E-state index in [9.17, 15) is 9.59 Å². The molecular formula is C24H34O4. The molecule has 1 rings (SSSR count). The lowest BCUT2D eigenvalue weighted by molar-refractivity contribution is -0.159. The summed E-state index contributed by atoms with van der Waals surface area (Å²) in [4.78, 5) is 24.8. The Balaban J connectivity index is 2.37. The van der Waals surface area contributed by atoms with Gasteiger partial charge >= 0.3 is 11.9 Å². The number of ether oxygens (including phenoxy) is 2. The molecule has 154 valence electrons. The van der Waals surface area contributed by atoms with Crippen LogP contribution in [0.3, 0.4) is 0 Å². The van der Waals surface area contributed by atoms with Crippen molar-refractivity contribution >= 4 is 11.9 Å². The van der Waals surface area contributed by atoms with Crippen molar-refractivity contribution in [2.24, 2.45) is 11.8 Å². The molecule has 0 aliphatic heterocycles. The van der Waals surface area contributed by atoms with Gasteiger partial charge in [-0.1, -0.05) is 48.6 Å². The molecule has 0 bridgehead atoms. The molecule has 0 saturated heterocycles. The zero-order valence-electron chi connectivity index (χ0n) is 16.9. The Morgan fingerprint density at radius 3 is 1.57 bits per heavy atom. The van der Waals surface area contributed by atoms with Crippen molar-refractivity contribution in [3.05, 3.63) is 61.8 Å². The van der Waals surface area contributed by atoms with E-state index in [2.05, 4.69) is 13.2 Å². The first kappa shape index (κ1) is 23.7. The molecule has 2 unspecified atom stereocenters. The molecule has 0 amide bonds. The van der Waals surface area contributed by atoms with Gasteiger partial charge in [-0.2, -0.15) is 0 Å². The van der Waals surface area contributed by atoms with Crippen LogP contribution in [0.5, 0.6) is 0 Å². The molecule has 28 heavy (non-hydrogen) atoms. The van der Waals surface area contributed by atoms with E-state index in [0.717, 1.165) is 38.5 Å². The van der Waals surface area contributed by atoms with Gasteiger partial charge in [0.05, 0.1) is 11.8 Å². The maximum Gasteiger partial charge on any atom is 0.310 e. The van der Waals surface area contributed by atoms with Gasteiger partial charge in [0.2, 0.25) is 0 Å². The third-order valence-corrected chi connectivity index (χ3v) is 4.57. The topological polar surface area (TPSA) is 52.6 Å². The number of hydrogen-bond donors (Lipinski definition) is 0. The predicted octanol–water partition coefficient (Wildman–Crippen LogP) is 5.48. The fourth-order valence-corrected chi connectivity index (χ4v) is 2.94. The first-order valence-corrected chi connectivity index (χ1v) is 10.2. The van der Waals surface area contributed by atoms with Crippen LogP contribution < -0.4 is 0 Å². The molecule has 1 aliphatic rings. The quantitative estimate of drug-likeness (QED) is 0.225. The number of carbonyl (C=O) groups is 2. The van der Waals surface area contributed by atoms with E-state index in [1.165, 1.54) is 0 Å². The van der Waals surface area contributed by atoms with Crippen molar-refractivity contribution in [3.63, 3.8) is 0 Å². The van der Waals surface area contributed by atoms with Gasteiger partial charge in [0.1, 0.15) is 13.2 Å². The molecule has 0 aromatic carbocycles. The van der Waals surface area contributed by atoms with Gasteiger partial charge in [-0.05, 0) is 51.4 Å². The summed E-state index contributed by atoms with van der Waals surface area (Å²) in [5, 5.41) is 0. The summed E-state index contributed by atoms with van der Waals surface area (Å²) in [5.41, 5.74) is 0. The first-order chi connectivity index (χ1) is 13.7. The molecule has 1 aliphatic carbocycles. The van der Waals surface area contributed by atoms with Gasteiger partial charge in [0, 0.05) is 0 Å². The Labute approximate surface area is 169 Å². The number of carbonyl (C=O) groups excluding carboxylic acids is 2. The van der Waals surface area contributed by atoms with Crippen molar-refractivity contribution < 1.29 is 19.1 Å². The van der Waals surface area contributed by atoms with Crippen LogP contribution in [0.2, 0.25) is 0 Å². The maximum absolute atomic E-state index is 12.4. The lowest BCUT2D eigenvalue weighted by Crippen LogP contribution is -2.33. The molecule has 0 heterocycles. The third-order valence-electron chi connectivity index (χ3n) is 4.57. The number of allylic oxidation sites excluding steroid dienone is 6. The Morgan fingerprint density at radius 2 is 1.18 bits per heavy atom. The summed E-state index contributed by atoms with van der Waals surface area (Å²) in [6.07, 6.45) is 22.3. The summed E-state index contributed by atoms with van der Waals surface area (Å²) in [5.74, 6) is -1.60. The minimum Gasteiger partial charge on any atom is -0.461 e. The van der Waals surface area contributed by atoms with Crippen LogP contribution in [0.1, 0.15) is 51.4 Å². The third kappa shape index (κ3) is 10.1. The highest BCUT2D eigenvalue weighted by Crippen LogP contribution is 2.28. The smallest absolute Gasteiger partial charge is 0.310 e. The van der Waals surface area contributed by atoms with Crippen LogP contribution in [0.4, 0.5) is 0 Å². The average Bonchev–Trinajstić information content (AvgIpc) is 2.72. The maximum atomic E-state index is 12.4. The summed E-state index contributed by atoms with van der Waals surface area (Å²) < 4.78 is 10.7. The summed E-state index contributed by atoms with van der Waals surface area (Å²) in [7, 11) is 0. The van der Waals surface area contributed by atoms with Crippen LogP contribution in [-0.2, 0) is 19.1 Å². The van der Waals surface area contributed by atoms with Crippen LogP contribution >= 0.6 is 0 Å². The van der Waals surface area contributed by atoms with Crippen molar-refractivity contribution in [1.29, 1.82) is 0 Å². The second-order valence-corrected chi connectivity index (χ2v) is 6.80. The molecule has 0 aromatic rings. The van der Waals surface area contributed by atoms with E-state index in [1.54, 1.807) is 0 Å². The van der Waals surface area contributed by atoms with Crippen molar-refractivity contribution in [1.82, 2.24) is 0 Å². The summed E-state index contributed by atoms with van der Waals surface area (Å²) in [6, 6.07) is 0. The van der Waals surface area contributed by atoms with Gasteiger partial charge in [-0.3, -0.25) is 9.59 Å². The molecule has 0 N–H and O–H groups in total. The van der Waals surface area contributed by atoms with E-state index in [-0.39, 0.29) is 25.2 Å². The monoisotopic (exact) mass is 386 g/mol. The average molecular weight is 387 g/mol. The predicted molar refractivity (Wildman–Crippen MR) is 114 cm³/mol. The van der Waals surface area contributed by atoms with E-state index < -0.39 is 11.8 Å². The van der Waals surface area contributed by atoms with E-state index in [0.29, 0.717) is 12.8 Å². The van der Waals surface area contributed by atoms with Crippen LogP contribution in [0.15, 0.2) is 61.8 Å². The highest BCUT2D eigenvalue weighted by Gasteiger charge is 2.36. The fraction of sp³-hybridized carbons (Fsp3) is 0.500. The van der Waals surface area contributed by atoms with Gasteiger partial charge < -0.3 is 9.47 Å². The largest absolute Gasteiger partial charge is 0.461 e. The van der Waals surface area contributed by atoms with Gasteiger partial charge in [-0.25, -0.2) is 0 Å². The molecule has 0 saturated carbocycles. The Bertz CT molecular complexity index is 521. The number of unbranched alkanes of at least 4 members (excludes halogenated alkanes) is 4. The number of esters is 2. The normalized spacial score (nSPS) is 19.0. The molecule has 4 nitrogen and oxygen atoms in total. The highest BCUT2D eigenvalue weighted by molar-refractivity contribution is 5.82. The second kappa shape index (κ2) is 15.7. The van der Waals surface area contributed by atoms with Crippen molar-refractivity contribution in [3.8, 4) is 0 Å². The number of rotatable bonds is 14. The van der Waals surface area contributed by atoms with Gasteiger partial charge in [-0.15, -0.1) is 13.2 Å².